The third-order valence-electron chi connectivity index (χ3n) is 4.68. The molecule has 0 atom stereocenters. The number of alkyl halides is 3. The molecular weight excluding hydrogens is 439 g/mol. The molecule has 0 aliphatic carbocycles. The van der Waals surface area contributed by atoms with Crippen LogP contribution in [0.4, 0.5) is 24.5 Å². The topological polar surface area (TPSA) is 78.5 Å². The normalized spacial score (nSPS) is 15.1. The van der Waals surface area contributed by atoms with Crippen LogP contribution in [0.25, 0.3) is 0 Å². The van der Waals surface area contributed by atoms with Gasteiger partial charge in [-0.3, -0.25) is 9.52 Å². The Balaban J connectivity index is 1.91. The van der Waals surface area contributed by atoms with Gasteiger partial charge in [-0.2, -0.15) is 13.2 Å². The Kier molecular flexibility index (Phi) is 6.61. The lowest BCUT2D eigenvalue weighted by molar-refractivity contribution is -0.137. The smallest absolute Gasteiger partial charge is 0.370 e. The number of carbonyl (C=O) groups is 1. The first-order chi connectivity index (χ1) is 14.1. The van der Waals surface area contributed by atoms with E-state index < -0.39 is 21.8 Å². The van der Waals surface area contributed by atoms with E-state index in [1.807, 2.05) is 4.90 Å². The van der Waals surface area contributed by atoms with Crippen molar-refractivity contribution in [2.45, 2.75) is 43.1 Å². The molecule has 1 fully saturated rings. The van der Waals surface area contributed by atoms with Gasteiger partial charge in [0.25, 0.3) is 10.0 Å². The van der Waals surface area contributed by atoms with Gasteiger partial charge in [0.1, 0.15) is 4.21 Å². The molecule has 1 aromatic heterocycles. The summed E-state index contributed by atoms with van der Waals surface area (Å²) in [6.45, 7) is 2.83. The van der Waals surface area contributed by atoms with Gasteiger partial charge < -0.3 is 10.2 Å². The Labute approximate surface area is 177 Å². The number of piperidine rings is 1. The van der Waals surface area contributed by atoms with Crippen LogP contribution in [0.15, 0.2) is 34.5 Å². The third kappa shape index (κ3) is 5.45. The minimum Gasteiger partial charge on any atom is -0.370 e. The molecule has 2 heterocycles. The summed E-state index contributed by atoms with van der Waals surface area (Å²) in [5, 5.41) is 2.58. The molecule has 1 aliphatic heterocycles. The van der Waals surface area contributed by atoms with Gasteiger partial charge in [-0.15, -0.1) is 11.3 Å². The quantitative estimate of drug-likeness (QED) is 0.676. The van der Waals surface area contributed by atoms with E-state index in [1.54, 1.807) is 6.07 Å². The third-order valence-corrected chi connectivity index (χ3v) is 7.62. The van der Waals surface area contributed by atoms with Crippen LogP contribution in [0.1, 0.15) is 36.6 Å². The summed E-state index contributed by atoms with van der Waals surface area (Å²) in [7, 11) is -4.09. The summed E-state index contributed by atoms with van der Waals surface area (Å²) in [5.41, 5.74) is -0.580. The van der Waals surface area contributed by atoms with E-state index in [2.05, 4.69) is 10.0 Å². The van der Waals surface area contributed by atoms with Crippen LogP contribution in [-0.4, -0.2) is 27.4 Å². The summed E-state index contributed by atoms with van der Waals surface area (Å²) in [4.78, 5) is 13.5. The Morgan fingerprint density at radius 3 is 2.47 bits per heavy atom. The fourth-order valence-electron chi connectivity index (χ4n) is 3.21. The fourth-order valence-corrected chi connectivity index (χ4v) is 5.57. The minimum absolute atomic E-state index is 0.0372. The molecule has 0 bridgehead atoms. The monoisotopic (exact) mass is 461 g/mol. The SMILES string of the molecule is CC(=O)NCc1ccc(S(=O)(=O)Nc2cc(C(F)(F)F)ccc2N2CCCCC2)s1. The standard InChI is InChI=1S/C19H22F3N3O3S2/c1-13(26)23-12-15-6-8-18(29-15)30(27,28)24-16-11-14(19(20,21)22)5-7-17(16)25-9-3-2-4-10-25/h5-8,11,24H,2-4,9-10,12H2,1H3,(H,23,26). The van der Waals surface area contributed by atoms with Gasteiger partial charge in [0.15, 0.2) is 0 Å². The van der Waals surface area contributed by atoms with Crippen molar-refractivity contribution < 1.29 is 26.4 Å². The Bertz CT molecular complexity index is 1010. The van der Waals surface area contributed by atoms with Crippen molar-refractivity contribution in [1.82, 2.24) is 5.32 Å². The van der Waals surface area contributed by atoms with Crippen LogP contribution in [-0.2, 0) is 27.5 Å². The van der Waals surface area contributed by atoms with Crippen molar-refractivity contribution >= 4 is 38.6 Å². The first kappa shape index (κ1) is 22.4. The van der Waals surface area contributed by atoms with Crippen LogP contribution in [0.3, 0.4) is 0 Å². The van der Waals surface area contributed by atoms with E-state index in [4.69, 9.17) is 0 Å². The average Bonchev–Trinajstić information content (AvgIpc) is 3.16. The van der Waals surface area contributed by atoms with E-state index in [9.17, 15) is 26.4 Å². The zero-order valence-corrected chi connectivity index (χ0v) is 17.9. The predicted octanol–water partition coefficient (Wildman–Crippen LogP) is 4.19. The highest BCUT2D eigenvalue weighted by molar-refractivity contribution is 7.94. The molecule has 0 unspecified atom stereocenters. The number of nitrogens with one attached hydrogen (secondary N) is 2. The highest BCUT2D eigenvalue weighted by atomic mass is 32.2. The molecule has 1 saturated heterocycles. The van der Waals surface area contributed by atoms with E-state index in [1.165, 1.54) is 19.1 Å². The molecule has 2 aromatic rings. The van der Waals surface area contributed by atoms with Gasteiger partial charge in [0.2, 0.25) is 5.91 Å². The van der Waals surface area contributed by atoms with Crippen molar-refractivity contribution in [3.63, 3.8) is 0 Å². The number of nitrogens with zero attached hydrogens (tertiary/aromatic N) is 1. The number of anilines is 2. The van der Waals surface area contributed by atoms with E-state index >= 15 is 0 Å². The van der Waals surface area contributed by atoms with Crippen molar-refractivity contribution in [2.75, 3.05) is 22.7 Å². The van der Waals surface area contributed by atoms with E-state index in [0.717, 1.165) is 42.7 Å². The molecule has 0 radical (unpaired) electrons. The number of carbonyl (C=O) groups excluding carboxylic acids is 1. The zero-order chi connectivity index (χ0) is 21.9. The van der Waals surface area contributed by atoms with Crippen LogP contribution < -0.4 is 14.9 Å². The lowest BCUT2D eigenvalue weighted by Gasteiger charge is -2.31. The van der Waals surface area contributed by atoms with Crippen molar-refractivity contribution in [3.8, 4) is 0 Å². The number of rotatable bonds is 6. The number of sulfonamides is 1. The predicted molar refractivity (Wildman–Crippen MR) is 110 cm³/mol. The molecule has 0 spiro atoms. The molecule has 30 heavy (non-hydrogen) atoms. The molecule has 3 rings (SSSR count). The van der Waals surface area contributed by atoms with Gasteiger partial charge in [-0.05, 0) is 49.6 Å². The highest BCUT2D eigenvalue weighted by Gasteiger charge is 2.32. The van der Waals surface area contributed by atoms with Crippen LogP contribution in [0, 0.1) is 0 Å². The van der Waals surface area contributed by atoms with Crippen molar-refractivity contribution in [3.05, 3.63) is 40.8 Å². The molecular formula is C19H22F3N3O3S2. The maximum absolute atomic E-state index is 13.2. The minimum atomic E-state index is -4.59. The van der Waals surface area contributed by atoms with Gasteiger partial charge >= 0.3 is 6.18 Å². The number of halogens is 3. The van der Waals surface area contributed by atoms with Crippen LogP contribution >= 0.6 is 11.3 Å². The van der Waals surface area contributed by atoms with Gasteiger partial charge in [-0.25, -0.2) is 8.42 Å². The summed E-state index contributed by atoms with van der Waals surface area (Å²) in [5.74, 6) is -0.249. The molecule has 6 nitrogen and oxygen atoms in total. The largest absolute Gasteiger partial charge is 0.416 e. The lowest BCUT2D eigenvalue weighted by atomic mass is 10.1. The number of hydrogen-bond acceptors (Lipinski definition) is 5. The molecule has 1 aromatic carbocycles. The van der Waals surface area contributed by atoms with Crippen LogP contribution in [0.5, 0.6) is 0 Å². The second kappa shape index (κ2) is 8.84. The number of amides is 1. The first-order valence-electron chi connectivity index (χ1n) is 9.38. The molecule has 1 amide bonds. The number of hydrogen-bond donors (Lipinski definition) is 2. The first-order valence-corrected chi connectivity index (χ1v) is 11.7. The Morgan fingerprint density at radius 2 is 1.83 bits per heavy atom. The molecule has 11 heteroatoms. The van der Waals surface area contributed by atoms with E-state index in [-0.39, 0.29) is 22.3 Å². The number of benzene rings is 1. The summed E-state index contributed by atoms with van der Waals surface area (Å²) in [6, 6.07) is 6.07. The highest BCUT2D eigenvalue weighted by Crippen LogP contribution is 2.37. The summed E-state index contributed by atoms with van der Waals surface area (Å²) >= 11 is 0.951. The van der Waals surface area contributed by atoms with E-state index in [0.29, 0.717) is 23.7 Å². The van der Waals surface area contributed by atoms with Gasteiger partial charge in [0.05, 0.1) is 23.5 Å². The fraction of sp³-hybridized carbons (Fsp3) is 0.421. The van der Waals surface area contributed by atoms with Gasteiger partial charge in [0, 0.05) is 24.9 Å². The molecule has 1 aliphatic rings. The second-order valence-electron chi connectivity index (χ2n) is 7.01. The maximum atomic E-state index is 13.2. The molecule has 2 N–H and O–H groups in total. The number of thiophene rings is 1. The average molecular weight is 462 g/mol. The summed E-state index contributed by atoms with van der Waals surface area (Å²) in [6.07, 6.45) is -1.77. The summed E-state index contributed by atoms with van der Waals surface area (Å²) < 4.78 is 67.7. The van der Waals surface area contributed by atoms with Crippen molar-refractivity contribution in [2.24, 2.45) is 0 Å². The van der Waals surface area contributed by atoms with Crippen molar-refractivity contribution in [1.29, 1.82) is 0 Å². The molecule has 0 saturated carbocycles. The van der Waals surface area contributed by atoms with Crippen LogP contribution in [0.2, 0.25) is 0 Å². The Morgan fingerprint density at radius 1 is 1.13 bits per heavy atom. The zero-order valence-electron chi connectivity index (χ0n) is 16.3. The van der Waals surface area contributed by atoms with Gasteiger partial charge in [-0.1, -0.05) is 0 Å². The Hall–Kier alpha value is -2.27. The second-order valence-corrected chi connectivity index (χ2v) is 10.1. The molecule has 164 valence electrons. The lowest BCUT2D eigenvalue weighted by Crippen LogP contribution is -2.30. The maximum Gasteiger partial charge on any atom is 0.416 e.